The van der Waals surface area contributed by atoms with Crippen LogP contribution in [0.2, 0.25) is 0 Å². The van der Waals surface area contributed by atoms with Crippen LogP contribution >= 0.6 is 0 Å². The molecule has 194 valence electrons. The Labute approximate surface area is 214 Å². The van der Waals surface area contributed by atoms with Gasteiger partial charge in [-0.15, -0.1) is 0 Å². The van der Waals surface area contributed by atoms with Gasteiger partial charge in [0, 0.05) is 30.4 Å². The molecule has 1 unspecified atom stereocenters. The maximum atomic E-state index is 13.0. The first-order valence-corrected chi connectivity index (χ1v) is 13.1. The lowest BCUT2D eigenvalue weighted by Crippen LogP contribution is -2.38. The molecule has 2 heterocycles. The summed E-state index contributed by atoms with van der Waals surface area (Å²) in [6.07, 6.45) is 3.14. The molecule has 0 radical (unpaired) electrons. The molecule has 1 saturated heterocycles. The third-order valence-corrected chi connectivity index (χ3v) is 6.67. The molecule has 2 amide bonds. The van der Waals surface area contributed by atoms with Crippen LogP contribution in [0.3, 0.4) is 0 Å². The van der Waals surface area contributed by atoms with Crippen LogP contribution in [-0.2, 0) is 19.6 Å². The van der Waals surface area contributed by atoms with E-state index in [9.17, 15) is 18.0 Å². The zero-order chi connectivity index (χ0) is 26.4. The number of nitrogens with two attached hydrogens (primary N) is 1. The summed E-state index contributed by atoms with van der Waals surface area (Å²) in [6, 6.07) is 15.7. The largest absolute Gasteiger partial charge is 0.497 e. The average molecular weight is 526 g/mol. The molecule has 10 nitrogen and oxygen atoms in total. The summed E-state index contributed by atoms with van der Waals surface area (Å²) in [5.41, 5.74) is 0.941. The molecule has 1 aliphatic rings. The first-order chi connectivity index (χ1) is 17.7. The number of primary sulfonamides is 1. The van der Waals surface area contributed by atoms with Crippen molar-refractivity contribution in [2.45, 2.75) is 23.8 Å². The fourth-order valence-corrected chi connectivity index (χ4v) is 4.25. The minimum absolute atomic E-state index is 0.00992. The van der Waals surface area contributed by atoms with Gasteiger partial charge >= 0.3 is 0 Å². The lowest BCUT2D eigenvalue weighted by molar-refractivity contribution is -0.118. The number of hydrogen-bond acceptors (Lipinski definition) is 7. The molecule has 0 spiro atoms. The average Bonchev–Trinajstić information content (AvgIpc) is 3.59. The highest BCUT2D eigenvalue weighted by Gasteiger charge is 2.20. The fraction of sp³-hybridized carbons (Fsp3) is 0.231. The summed E-state index contributed by atoms with van der Waals surface area (Å²) in [7, 11) is -2.28. The second-order valence-electron chi connectivity index (χ2n) is 8.36. The van der Waals surface area contributed by atoms with Gasteiger partial charge in [-0.3, -0.25) is 9.59 Å². The van der Waals surface area contributed by atoms with E-state index in [0.29, 0.717) is 41.5 Å². The highest BCUT2D eigenvalue weighted by molar-refractivity contribution is 7.89. The molecule has 4 rings (SSSR count). The Morgan fingerprint density at radius 1 is 1.08 bits per heavy atom. The van der Waals surface area contributed by atoms with E-state index >= 15 is 0 Å². The van der Waals surface area contributed by atoms with Gasteiger partial charge in [-0.2, -0.15) is 0 Å². The molecular weight excluding hydrogens is 498 g/mol. The number of nitrogens with one attached hydrogen (secondary N) is 2. The zero-order valence-electron chi connectivity index (χ0n) is 20.1. The minimum atomic E-state index is -3.81. The molecule has 1 aliphatic heterocycles. The molecule has 1 fully saturated rings. The number of furan rings is 1. The second-order valence-corrected chi connectivity index (χ2v) is 9.92. The van der Waals surface area contributed by atoms with Crippen molar-refractivity contribution in [3.05, 3.63) is 77.7 Å². The van der Waals surface area contributed by atoms with E-state index < -0.39 is 21.8 Å². The standard InChI is InChI=1S/C26H27N3O7S/c1-34-19-8-4-18(5-9-19)25(30)29-23(26(31)28-16-21-3-2-14-35-21)15-20-10-13-24(36-20)17-6-11-22(12-7-17)37(27,32)33/h4-13,15,21H,2-3,14,16H2,1H3,(H,28,31)(H,29,30)(H2,27,32,33)/b23-15+. The molecule has 4 N–H and O–H groups in total. The number of rotatable bonds is 9. The summed E-state index contributed by atoms with van der Waals surface area (Å²) in [4.78, 5) is 25.8. The normalized spacial score (nSPS) is 15.8. The van der Waals surface area contributed by atoms with Crippen molar-refractivity contribution in [1.29, 1.82) is 0 Å². The summed E-state index contributed by atoms with van der Waals surface area (Å²) in [5, 5.41) is 10.6. The van der Waals surface area contributed by atoms with Crippen LogP contribution in [0.4, 0.5) is 0 Å². The number of hydrogen-bond donors (Lipinski definition) is 3. The van der Waals surface area contributed by atoms with Crippen molar-refractivity contribution in [2.75, 3.05) is 20.3 Å². The minimum Gasteiger partial charge on any atom is -0.497 e. The number of amides is 2. The quantitative estimate of drug-likeness (QED) is 0.364. The molecule has 37 heavy (non-hydrogen) atoms. The van der Waals surface area contributed by atoms with Crippen molar-refractivity contribution in [3.63, 3.8) is 0 Å². The van der Waals surface area contributed by atoms with E-state index in [-0.39, 0.29) is 16.7 Å². The molecule has 0 bridgehead atoms. The van der Waals surface area contributed by atoms with Crippen LogP contribution in [0.5, 0.6) is 5.75 Å². The van der Waals surface area contributed by atoms with Crippen molar-refractivity contribution in [1.82, 2.24) is 10.6 Å². The molecular formula is C26H27N3O7S. The number of benzene rings is 2. The Bertz CT molecular complexity index is 1390. The highest BCUT2D eigenvalue weighted by Crippen LogP contribution is 2.24. The Balaban J connectivity index is 1.55. The predicted molar refractivity (Wildman–Crippen MR) is 136 cm³/mol. The van der Waals surface area contributed by atoms with E-state index in [4.69, 9.17) is 19.0 Å². The molecule has 0 saturated carbocycles. The summed E-state index contributed by atoms with van der Waals surface area (Å²) < 4.78 is 39.5. The predicted octanol–water partition coefficient (Wildman–Crippen LogP) is 2.67. The SMILES string of the molecule is COc1ccc(C(=O)N/C(=C/c2ccc(-c3ccc(S(N)(=O)=O)cc3)o2)C(=O)NCC2CCCO2)cc1. The van der Waals surface area contributed by atoms with E-state index in [1.54, 1.807) is 48.5 Å². The van der Waals surface area contributed by atoms with Gasteiger partial charge in [0.05, 0.1) is 18.1 Å². The second kappa shape index (κ2) is 11.4. The van der Waals surface area contributed by atoms with Crippen LogP contribution in [0.15, 0.2) is 75.7 Å². The maximum absolute atomic E-state index is 13.0. The van der Waals surface area contributed by atoms with Crippen LogP contribution in [-0.4, -0.2) is 46.6 Å². The van der Waals surface area contributed by atoms with Crippen molar-refractivity contribution in [3.8, 4) is 17.1 Å². The van der Waals surface area contributed by atoms with Gasteiger partial charge in [0.25, 0.3) is 11.8 Å². The van der Waals surface area contributed by atoms with Gasteiger partial charge in [-0.25, -0.2) is 13.6 Å². The Hall–Kier alpha value is -3.93. The van der Waals surface area contributed by atoms with E-state index in [0.717, 1.165) is 12.8 Å². The number of carbonyl (C=O) groups excluding carboxylic acids is 2. The number of sulfonamides is 1. The molecule has 1 atom stereocenters. The lowest BCUT2D eigenvalue weighted by Gasteiger charge is -2.13. The van der Waals surface area contributed by atoms with Gasteiger partial charge in [0.15, 0.2) is 0 Å². The number of carbonyl (C=O) groups is 2. The molecule has 0 aliphatic carbocycles. The van der Waals surface area contributed by atoms with Crippen LogP contribution in [0, 0.1) is 0 Å². The Morgan fingerprint density at radius 2 is 1.81 bits per heavy atom. The first kappa shape index (κ1) is 26.1. The van der Waals surface area contributed by atoms with Gasteiger partial charge in [0.2, 0.25) is 10.0 Å². The molecule has 3 aromatic rings. The summed E-state index contributed by atoms with van der Waals surface area (Å²) >= 11 is 0. The maximum Gasteiger partial charge on any atom is 0.268 e. The van der Waals surface area contributed by atoms with Crippen molar-refractivity contribution in [2.24, 2.45) is 5.14 Å². The van der Waals surface area contributed by atoms with Gasteiger partial charge in [0.1, 0.15) is 23.0 Å². The summed E-state index contributed by atoms with van der Waals surface area (Å²) in [6.45, 7) is 0.971. The smallest absolute Gasteiger partial charge is 0.268 e. The topological polar surface area (TPSA) is 150 Å². The number of methoxy groups -OCH3 is 1. The molecule has 1 aromatic heterocycles. The van der Waals surface area contributed by atoms with Crippen LogP contribution < -0.4 is 20.5 Å². The van der Waals surface area contributed by atoms with E-state index in [2.05, 4.69) is 10.6 Å². The van der Waals surface area contributed by atoms with Crippen LogP contribution in [0.1, 0.15) is 29.0 Å². The van der Waals surface area contributed by atoms with E-state index in [1.165, 1.54) is 25.3 Å². The first-order valence-electron chi connectivity index (χ1n) is 11.5. The van der Waals surface area contributed by atoms with Gasteiger partial charge in [-0.05, 0) is 73.5 Å². The Morgan fingerprint density at radius 3 is 2.43 bits per heavy atom. The Kier molecular flexibility index (Phi) is 8.07. The fourth-order valence-electron chi connectivity index (χ4n) is 3.74. The van der Waals surface area contributed by atoms with Gasteiger partial charge in [-0.1, -0.05) is 0 Å². The van der Waals surface area contributed by atoms with Crippen molar-refractivity contribution >= 4 is 27.9 Å². The lowest BCUT2D eigenvalue weighted by atomic mass is 10.2. The zero-order valence-corrected chi connectivity index (χ0v) is 20.9. The third-order valence-electron chi connectivity index (χ3n) is 5.74. The molecule has 11 heteroatoms. The van der Waals surface area contributed by atoms with Gasteiger partial charge < -0.3 is 24.5 Å². The third kappa shape index (κ3) is 6.85. The summed E-state index contributed by atoms with van der Waals surface area (Å²) in [5.74, 6) is 0.372. The highest BCUT2D eigenvalue weighted by atomic mass is 32.2. The van der Waals surface area contributed by atoms with Crippen molar-refractivity contribution < 1.29 is 31.9 Å². The van der Waals surface area contributed by atoms with Crippen LogP contribution in [0.25, 0.3) is 17.4 Å². The molecule has 2 aromatic carbocycles. The van der Waals surface area contributed by atoms with E-state index in [1.807, 2.05) is 0 Å². The number of ether oxygens (including phenoxy) is 2. The monoisotopic (exact) mass is 525 g/mol.